The van der Waals surface area contributed by atoms with Gasteiger partial charge in [-0.15, -0.1) is 0 Å². The molecule has 1 aliphatic rings. The zero-order chi connectivity index (χ0) is 25.2. The van der Waals surface area contributed by atoms with Crippen molar-refractivity contribution in [1.29, 1.82) is 0 Å². The van der Waals surface area contributed by atoms with E-state index in [0.717, 1.165) is 22.2 Å². The highest BCUT2D eigenvalue weighted by Crippen LogP contribution is 2.36. The molecule has 0 saturated heterocycles. The van der Waals surface area contributed by atoms with E-state index in [1.807, 2.05) is 18.2 Å². The Morgan fingerprint density at radius 2 is 2.17 bits per heavy atom. The van der Waals surface area contributed by atoms with Crippen LogP contribution in [0.4, 0.5) is 14.9 Å². The Morgan fingerprint density at radius 3 is 2.92 bits per heavy atom. The fourth-order valence-electron chi connectivity index (χ4n) is 4.42. The van der Waals surface area contributed by atoms with E-state index in [1.165, 1.54) is 12.1 Å². The average Bonchev–Trinajstić information content (AvgIpc) is 3.50. The van der Waals surface area contributed by atoms with E-state index in [0.29, 0.717) is 48.7 Å². The lowest BCUT2D eigenvalue weighted by Gasteiger charge is -2.26. The molecule has 0 saturated carbocycles. The number of benzene rings is 1. The first-order chi connectivity index (χ1) is 17.4. The number of aromatic nitrogens is 4. The van der Waals surface area contributed by atoms with Crippen molar-refractivity contribution >= 4 is 28.3 Å². The minimum Gasteiger partial charge on any atom is -0.496 e. The molecule has 0 radical (unpaired) electrons. The molecule has 9 nitrogen and oxygen atoms in total. The largest absolute Gasteiger partial charge is 0.496 e. The lowest BCUT2D eigenvalue weighted by Crippen LogP contribution is -2.37. The molecule has 1 aromatic carbocycles. The summed E-state index contributed by atoms with van der Waals surface area (Å²) in [6.45, 7) is 3.04. The number of nitrogens with one attached hydrogen (secondary N) is 2. The van der Waals surface area contributed by atoms with Gasteiger partial charge in [-0.3, -0.25) is 4.68 Å². The smallest absolute Gasteiger partial charge is 0.322 e. The van der Waals surface area contributed by atoms with Crippen LogP contribution in [-0.2, 0) is 6.54 Å². The van der Waals surface area contributed by atoms with Gasteiger partial charge in [-0.25, -0.2) is 14.2 Å². The minimum absolute atomic E-state index is 0.208. The Balaban J connectivity index is 1.33. The van der Waals surface area contributed by atoms with Crippen molar-refractivity contribution in [2.45, 2.75) is 26.0 Å². The van der Waals surface area contributed by atoms with Gasteiger partial charge < -0.3 is 25.0 Å². The molecule has 186 valence electrons. The van der Waals surface area contributed by atoms with Crippen LogP contribution in [0.5, 0.6) is 5.75 Å². The number of aliphatic hydroxyl groups is 1. The van der Waals surface area contributed by atoms with Gasteiger partial charge in [0, 0.05) is 42.1 Å². The van der Waals surface area contributed by atoms with Gasteiger partial charge in [0.1, 0.15) is 17.2 Å². The third-order valence-corrected chi connectivity index (χ3v) is 6.16. The molecule has 0 bridgehead atoms. The highest BCUT2D eigenvalue weighted by Gasteiger charge is 2.21. The van der Waals surface area contributed by atoms with Crippen LogP contribution in [0.15, 0.2) is 55.0 Å². The van der Waals surface area contributed by atoms with Gasteiger partial charge in [0.05, 0.1) is 31.6 Å². The summed E-state index contributed by atoms with van der Waals surface area (Å²) in [7, 11) is 1.56. The molecular formula is C26H27FN6O3. The number of fused-ring (bicyclic) bond motifs is 1. The van der Waals surface area contributed by atoms with Crippen LogP contribution in [0.1, 0.15) is 19.0 Å². The van der Waals surface area contributed by atoms with Crippen molar-refractivity contribution in [2.75, 3.05) is 25.5 Å². The number of H-pyrrole nitrogens is 1. The second-order valence-electron chi connectivity index (χ2n) is 8.80. The second kappa shape index (κ2) is 9.82. The van der Waals surface area contributed by atoms with Gasteiger partial charge in [0.25, 0.3) is 0 Å². The first kappa shape index (κ1) is 23.6. The molecule has 0 spiro atoms. The van der Waals surface area contributed by atoms with Crippen LogP contribution in [0.3, 0.4) is 0 Å². The number of aromatic amines is 1. The van der Waals surface area contributed by atoms with Gasteiger partial charge in [0.2, 0.25) is 0 Å². The Labute approximate surface area is 207 Å². The molecule has 4 aromatic rings. The van der Waals surface area contributed by atoms with Crippen molar-refractivity contribution in [3.8, 4) is 16.9 Å². The average molecular weight is 491 g/mol. The summed E-state index contributed by atoms with van der Waals surface area (Å²) >= 11 is 0. The normalized spacial score (nSPS) is 14.6. The molecule has 3 aromatic heterocycles. The molecule has 0 fully saturated rings. The monoisotopic (exact) mass is 490 g/mol. The number of hydrogen-bond donors (Lipinski definition) is 3. The summed E-state index contributed by atoms with van der Waals surface area (Å²) in [4.78, 5) is 22.3. The third-order valence-electron chi connectivity index (χ3n) is 6.16. The number of aliphatic hydroxyl groups excluding tert-OH is 1. The fourth-order valence-corrected chi connectivity index (χ4v) is 4.42. The number of carbonyl (C=O) groups excluding carboxylic acids is 1. The van der Waals surface area contributed by atoms with Crippen molar-refractivity contribution in [2.24, 2.45) is 0 Å². The molecule has 1 atom stereocenters. The third kappa shape index (κ3) is 4.80. The first-order valence-electron chi connectivity index (χ1n) is 11.7. The second-order valence-corrected chi connectivity index (χ2v) is 8.80. The maximum atomic E-state index is 14.0. The summed E-state index contributed by atoms with van der Waals surface area (Å²) in [6, 6.07) is 8.11. The molecule has 3 N–H and O–H groups in total. The van der Waals surface area contributed by atoms with Gasteiger partial charge in [-0.1, -0.05) is 6.08 Å². The highest BCUT2D eigenvalue weighted by atomic mass is 19.1. The lowest BCUT2D eigenvalue weighted by atomic mass is 10.0. The highest BCUT2D eigenvalue weighted by molar-refractivity contribution is 5.97. The van der Waals surface area contributed by atoms with Crippen molar-refractivity contribution in [3.63, 3.8) is 0 Å². The van der Waals surface area contributed by atoms with Crippen LogP contribution in [0.2, 0.25) is 0 Å². The summed E-state index contributed by atoms with van der Waals surface area (Å²) < 4.78 is 21.1. The van der Waals surface area contributed by atoms with Crippen LogP contribution >= 0.6 is 0 Å². The Morgan fingerprint density at radius 1 is 1.31 bits per heavy atom. The Bertz CT molecular complexity index is 1440. The standard InChI is InChI=1S/C26H27FN6O3/c1-16(34)14-33-15-19(13-29-33)30-26(35)32-9-6-17(7-10-32)23-12-22-20(5-8-28-25(22)31-23)21-11-18(27)3-4-24(21)36-2/h3-6,8,11-13,15-16,34H,7,9-10,14H2,1-2H3,(H,28,31)(H,30,35)/t16-/m1/s1. The van der Waals surface area contributed by atoms with Crippen LogP contribution < -0.4 is 10.1 Å². The van der Waals surface area contributed by atoms with Crippen molar-refractivity contribution in [1.82, 2.24) is 24.6 Å². The first-order valence-corrected chi connectivity index (χ1v) is 11.7. The number of hydrogen-bond acceptors (Lipinski definition) is 5. The number of methoxy groups -OCH3 is 1. The van der Waals surface area contributed by atoms with Crippen LogP contribution in [-0.4, -0.2) is 62.1 Å². The van der Waals surface area contributed by atoms with E-state index < -0.39 is 6.10 Å². The number of pyridine rings is 1. The summed E-state index contributed by atoms with van der Waals surface area (Å²) in [5.74, 6) is 0.247. The molecule has 36 heavy (non-hydrogen) atoms. The Hall–Kier alpha value is -4.18. The number of rotatable bonds is 6. The predicted octanol–water partition coefficient (Wildman–Crippen LogP) is 4.28. The number of halogens is 1. The van der Waals surface area contributed by atoms with Gasteiger partial charge in [-0.05, 0) is 54.8 Å². The van der Waals surface area contributed by atoms with E-state index in [4.69, 9.17) is 4.74 Å². The van der Waals surface area contributed by atoms with E-state index >= 15 is 0 Å². The molecule has 10 heteroatoms. The maximum absolute atomic E-state index is 14.0. The molecule has 1 aliphatic heterocycles. The summed E-state index contributed by atoms with van der Waals surface area (Å²) in [5.41, 5.74) is 4.76. The molecule has 2 amide bonds. The van der Waals surface area contributed by atoms with Crippen LogP contribution in [0.25, 0.3) is 27.7 Å². The summed E-state index contributed by atoms with van der Waals surface area (Å²) in [6.07, 6.45) is 7.11. The van der Waals surface area contributed by atoms with Crippen LogP contribution in [0, 0.1) is 5.82 Å². The summed E-state index contributed by atoms with van der Waals surface area (Å²) in [5, 5.41) is 17.4. The van der Waals surface area contributed by atoms with Gasteiger partial charge in [-0.2, -0.15) is 5.10 Å². The maximum Gasteiger partial charge on any atom is 0.322 e. The van der Waals surface area contributed by atoms with Crippen molar-refractivity contribution in [3.05, 3.63) is 66.5 Å². The number of carbonyl (C=O) groups is 1. The number of nitrogens with zero attached hydrogens (tertiary/aromatic N) is 4. The molecule has 0 unspecified atom stereocenters. The zero-order valence-electron chi connectivity index (χ0n) is 20.0. The van der Waals surface area contributed by atoms with E-state index in [-0.39, 0.29) is 11.8 Å². The minimum atomic E-state index is -0.522. The van der Waals surface area contributed by atoms with E-state index in [2.05, 4.69) is 20.4 Å². The van der Waals surface area contributed by atoms with Crippen molar-refractivity contribution < 1.29 is 19.0 Å². The number of ether oxygens (including phenoxy) is 1. The quantitative estimate of drug-likeness (QED) is 0.374. The fraction of sp³-hybridized carbons (Fsp3) is 0.269. The van der Waals surface area contributed by atoms with E-state index in [9.17, 15) is 14.3 Å². The van der Waals surface area contributed by atoms with Gasteiger partial charge >= 0.3 is 6.03 Å². The predicted molar refractivity (Wildman–Crippen MR) is 135 cm³/mol. The number of anilines is 1. The molecule has 5 rings (SSSR count). The topological polar surface area (TPSA) is 108 Å². The zero-order valence-corrected chi connectivity index (χ0v) is 20.0. The van der Waals surface area contributed by atoms with E-state index in [1.54, 1.807) is 48.3 Å². The SMILES string of the molecule is COc1ccc(F)cc1-c1ccnc2[nH]c(C3=CCN(C(=O)Nc4cnn(C[C@@H](C)O)c4)CC3)cc12. The number of amides is 2. The molecule has 0 aliphatic carbocycles. The molecule has 4 heterocycles. The molecular weight excluding hydrogens is 463 g/mol. The Kier molecular flexibility index (Phi) is 6.43. The number of urea groups is 1. The lowest BCUT2D eigenvalue weighted by molar-refractivity contribution is 0.168. The van der Waals surface area contributed by atoms with Gasteiger partial charge in [0.15, 0.2) is 0 Å².